The Morgan fingerprint density at radius 2 is 1.67 bits per heavy atom. The van der Waals surface area contributed by atoms with E-state index in [1.165, 1.54) is 19.3 Å². The molecule has 0 aliphatic heterocycles. The van der Waals surface area contributed by atoms with E-state index in [4.69, 9.17) is 0 Å². The molecule has 0 N–H and O–H groups in total. The van der Waals surface area contributed by atoms with Gasteiger partial charge in [-0.25, -0.2) is 0 Å². The highest BCUT2D eigenvalue weighted by molar-refractivity contribution is 4.99. The average Bonchev–Trinajstić information content (AvgIpc) is 1.89. The smallest absolute Gasteiger partial charge is 0.0297 e. The van der Waals surface area contributed by atoms with Crippen LogP contribution >= 0.6 is 0 Å². The van der Waals surface area contributed by atoms with Crippen LogP contribution in [0.1, 0.15) is 39.5 Å². The third kappa shape index (κ3) is 0.595. The maximum Gasteiger partial charge on any atom is -0.0297 e. The lowest BCUT2D eigenvalue weighted by Crippen LogP contribution is -2.47. The van der Waals surface area contributed by atoms with Gasteiger partial charge in [-0.2, -0.15) is 0 Å². The molecule has 0 saturated heterocycles. The summed E-state index contributed by atoms with van der Waals surface area (Å²) in [7, 11) is 0. The number of hydrogen-bond acceptors (Lipinski definition) is 0. The number of hydrogen-bond donors (Lipinski definition) is 0. The summed E-state index contributed by atoms with van der Waals surface area (Å²) in [4.78, 5) is 0. The SMILES string of the molecule is CC1(C)[C@@H]2CCC[C@@H]1C2. The van der Waals surface area contributed by atoms with E-state index in [1.54, 1.807) is 6.42 Å². The first-order chi connectivity index (χ1) is 4.21. The molecule has 2 atom stereocenters. The molecule has 3 saturated carbocycles. The summed E-state index contributed by atoms with van der Waals surface area (Å²) in [5.74, 6) is 2.19. The van der Waals surface area contributed by atoms with Crippen molar-refractivity contribution in [3.8, 4) is 0 Å². The van der Waals surface area contributed by atoms with Gasteiger partial charge in [0.15, 0.2) is 0 Å². The first kappa shape index (κ1) is 5.76. The minimum atomic E-state index is 0.734. The van der Waals surface area contributed by atoms with Gasteiger partial charge >= 0.3 is 0 Å². The van der Waals surface area contributed by atoms with Gasteiger partial charge in [0.1, 0.15) is 0 Å². The monoisotopic (exact) mass is 124 g/mol. The maximum absolute atomic E-state index is 2.45. The van der Waals surface area contributed by atoms with Gasteiger partial charge in [-0.15, -0.1) is 0 Å². The highest BCUT2D eigenvalue weighted by Crippen LogP contribution is 2.58. The molecule has 3 aliphatic rings. The Kier molecular flexibility index (Phi) is 0.980. The highest BCUT2D eigenvalue weighted by Gasteiger charge is 2.49. The van der Waals surface area contributed by atoms with E-state index in [9.17, 15) is 0 Å². The van der Waals surface area contributed by atoms with Crippen molar-refractivity contribution < 1.29 is 0 Å². The van der Waals surface area contributed by atoms with Crippen molar-refractivity contribution in [2.45, 2.75) is 39.5 Å². The van der Waals surface area contributed by atoms with E-state index >= 15 is 0 Å². The molecule has 0 radical (unpaired) electrons. The summed E-state index contributed by atoms with van der Waals surface area (Å²) in [5.41, 5.74) is 0.734. The Hall–Kier alpha value is 0. The minimum Gasteiger partial charge on any atom is -0.0594 e. The summed E-state index contributed by atoms with van der Waals surface area (Å²) < 4.78 is 0. The van der Waals surface area contributed by atoms with Gasteiger partial charge in [0.2, 0.25) is 0 Å². The van der Waals surface area contributed by atoms with E-state index in [1.807, 2.05) is 0 Å². The molecule has 52 valence electrons. The van der Waals surface area contributed by atoms with Crippen molar-refractivity contribution >= 4 is 0 Å². The second-order valence-electron chi connectivity index (χ2n) is 4.38. The average molecular weight is 124 g/mol. The lowest BCUT2D eigenvalue weighted by atomic mass is 9.49. The number of rotatable bonds is 0. The second-order valence-corrected chi connectivity index (χ2v) is 4.38. The molecule has 3 fully saturated rings. The summed E-state index contributed by atoms with van der Waals surface area (Å²) in [5, 5.41) is 0. The van der Waals surface area contributed by atoms with Crippen molar-refractivity contribution in [3.63, 3.8) is 0 Å². The first-order valence-corrected chi connectivity index (χ1v) is 4.21. The minimum absolute atomic E-state index is 0.734. The van der Waals surface area contributed by atoms with Gasteiger partial charge in [0.05, 0.1) is 0 Å². The van der Waals surface area contributed by atoms with Gasteiger partial charge < -0.3 is 0 Å². The van der Waals surface area contributed by atoms with Crippen LogP contribution in [0.4, 0.5) is 0 Å². The fourth-order valence-electron chi connectivity index (χ4n) is 2.71. The molecule has 0 aromatic carbocycles. The van der Waals surface area contributed by atoms with Crippen LogP contribution in [0.25, 0.3) is 0 Å². The molecular formula is C9H16. The molecule has 0 spiro atoms. The van der Waals surface area contributed by atoms with E-state index in [-0.39, 0.29) is 0 Å². The first-order valence-electron chi connectivity index (χ1n) is 4.21. The molecule has 9 heavy (non-hydrogen) atoms. The van der Waals surface area contributed by atoms with Crippen molar-refractivity contribution in [1.29, 1.82) is 0 Å². The van der Waals surface area contributed by atoms with Crippen molar-refractivity contribution in [3.05, 3.63) is 0 Å². The summed E-state index contributed by atoms with van der Waals surface area (Å²) >= 11 is 0. The molecule has 2 bridgehead atoms. The van der Waals surface area contributed by atoms with Crippen LogP contribution in [-0.4, -0.2) is 0 Å². The van der Waals surface area contributed by atoms with Crippen molar-refractivity contribution in [1.82, 2.24) is 0 Å². The molecule has 0 amide bonds. The largest absolute Gasteiger partial charge is 0.0594 e. The number of fused-ring (bicyclic) bond motifs is 2. The lowest BCUT2D eigenvalue weighted by Gasteiger charge is -2.56. The summed E-state index contributed by atoms with van der Waals surface area (Å²) in [6.07, 6.45) is 6.10. The zero-order valence-corrected chi connectivity index (χ0v) is 6.48. The molecule has 0 heterocycles. The second kappa shape index (κ2) is 1.53. The fraction of sp³-hybridized carbons (Fsp3) is 1.00. The third-order valence-electron chi connectivity index (χ3n) is 3.78. The highest BCUT2D eigenvalue weighted by atomic mass is 14.5. The predicted octanol–water partition coefficient (Wildman–Crippen LogP) is 2.83. The van der Waals surface area contributed by atoms with E-state index in [0.717, 1.165) is 17.3 Å². The Balaban J connectivity index is 2.13. The zero-order valence-electron chi connectivity index (χ0n) is 6.48. The standard InChI is InChI=1S/C9H16/c1-9(2)7-4-3-5-8(9)6-7/h7-8H,3-6H2,1-2H3/t7-,8-/m1/s1. The van der Waals surface area contributed by atoms with Crippen LogP contribution in [-0.2, 0) is 0 Å². The van der Waals surface area contributed by atoms with Gasteiger partial charge in [-0.3, -0.25) is 0 Å². The van der Waals surface area contributed by atoms with Crippen molar-refractivity contribution in [2.24, 2.45) is 17.3 Å². The van der Waals surface area contributed by atoms with Crippen molar-refractivity contribution in [2.75, 3.05) is 0 Å². The van der Waals surface area contributed by atoms with Crippen LogP contribution in [0, 0.1) is 17.3 Å². The quantitative estimate of drug-likeness (QED) is 0.466. The third-order valence-corrected chi connectivity index (χ3v) is 3.78. The van der Waals surface area contributed by atoms with E-state index in [2.05, 4.69) is 13.8 Å². The molecular weight excluding hydrogens is 108 g/mol. The van der Waals surface area contributed by atoms with Crippen LogP contribution in [0.15, 0.2) is 0 Å². The van der Waals surface area contributed by atoms with Crippen LogP contribution < -0.4 is 0 Å². The van der Waals surface area contributed by atoms with Gasteiger partial charge in [0.25, 0.3) is 0 Å². The summed E-state index contributed by atoms with van der Waals surface area (Å²) in [6, 6.07) is 0. The Bertz CT molecular complexity index is 108. The predicted molar refractivity (Wildman–Crippen MR) is 39.2 cm³/mol. The fourth-order valence-corrected chi connectivity index (χ4v) is 2.71. The van der Waals surface area contributed by atoms with Crippen LogP contribution in [0.2, 0.25) is 0 Å². The van der Waals surface area contributed by atoms with Crippen LogP contribution in [0.5, 0.6) is 0 Å². The summed E-state index contributed by atoms with van der Waals surface area (Å²) in [6.45, 7) is 4.90. The Morgan fingerprint density at radius 3 is 1.89 bits per heavy atom. The van der Waals surface area contributed by atoms with Crippen LogP contribution in [0.3, 0.4) is 0 Å². The maximum atomic E-state index is 2.45. The Morgan fingerprint density at radius 1 is 1.11 bits per heavy atom. The molecule has 0 aromatic rings. The van der Waals surface area contributed by atoms with Gasteiger partial charge in [-0.05, 0) is 36.5 Å². The molecule has 0 heteroatoms. The molecule has 0 aromatic heterocycles. The van der Waals surface area contributed by atoms with E-state index < -0.39 is 0 Å². The molecule has 0 unspecified atom stereocenters. The molecule has 3 rings (SSSR count). The lowest BCUT2D eigenvalue weighted by molar-refractivity contribution is -0.0646. The molecule has 0 nitrogen and oxygen atoms in total. The van der Waals surface area contributed by atoms with Gasteiger partial charge in [-0.1, -0.05) is 20.3 Å². The normalized spacial score (nSPS) is 46.0. The zero-order chi connectivity index (χ0) is 6.48. The Labute approximate surface area is 57.6 Å². The van der Waals surface area contributed by atoms with E-state index in [0.29, 0.717) is 0 Å². The molecule has 3 aliphatic carbocycles. The topological polar surface area (TPSA) is 0 Å². The van der Waals surface area contributed by atoms with Gasteiger partial charge in [0, 0.05) is 0 Å².